The van der Waals surface area contributed by atoms with Crippen LogP contribution in [0.15, 0.2) is 0 Å². The summed E-state index contributed by atoms with van der Waals surface area (Å²) >= 11 is 0. The summed E-state index contributed by atoms with van der Waals surface area (Å²) in [7, 11) is 0. The zero-order valence-electron chi connectivity index (χ0n) is 15.4. The Balaban J connectivity index is 1.44. The molecule has 24 heavy (non-hydrogen) atoms. The fraction of sp³-hybridized carbons (Fsp3) is 0.895. The van der Waals surface area contributed by atoms with Gasteiger partial charge in [-0.25, -0.2) is 0 Å². The first-order valence-electron chi connectivity index (χ1n) is 9.80. The van der Waals surface area contributed by atoms with Crippen LogP contribution in [0.3, 0.4) is 0 Å². The molecule has 0 bridgehead atoms. The second-order valence-electron chi connectivity index (χ2n) is 7.58. The summed E-state index contributed by atoms with van der Waals surface area (Å²) in [6.07, 6.45) is 4.10. The second kappa shape index (κ2) is 7.42. The van der Waals surface area contributed by atoms with Crippen LogP contribution in [0.1, 0.15) is 46.5 Å². The van der Waals surface area contributed by atoms with E-state index in [1.807, 2.05) is 11.8 Å². The van der Waals surface area contributed by atoms with E-state index < -0.39 is 0 Å². The number of hydrogen-bond acceptors (Lipinski definition) is 4. The maximum atomic E-state index is 12.5. The van der Waals surface area contributed by atoms with Gasteiger partial charge < -0.3 is 9.64 Å². The smallest absolute Gasteiger partial charge is 0.308 e. The van der Waals surface area contributed by atoms with E-state index in [1.54, 1.807) is 0 Å². The number of hydrogen-bond donors (Lipinski definition) is 0. The Morgan fingerprint density at radius 3 is 2.08 bits per heavy atom. The van der Waals surface area contributed by atoms with Crippen molar-refractivity contribution >= 4 is 11.9 Å². The van der Waals surface area contributed by atoms with Crippen LogP contribution in [0.25, 0.3) is 0 Å². The molecule has 0 aromatic rings. The first kappa shape index (κ1) is 17.7. The molecule has 1 heterocycles. The number of piperidine rings is 1. The number of carbonyl (C=O) groups excluding carboxylic acids is 2. The first-order valence-corrected chi connectivity index (χ1v) is 9.80. The molecule has 3 fully saturated rings. The molecular formula is C19H32N2O3. The fourth-order valence-corrected chi connectivity index (χ4v) is 4.91. The molecule has 1 aliphatic heterocycles. The highest BCUT2D eigenvalue weighted by molar-refractivity contribution is 5.82. The summed E-state index contributed by atoms with van der Waals surface area (Å²) in [5, 5.41) is 0. The highest BCUT2D eigenvalue weighted by atomic mass is 16.5. The minimum Gasteiger partial charge on any atom is -0.466 e. The molecule has 3 aliphatic rings. The number of nitrogens with zero attached hydrogens (tertiary/aromatic N) is 2. The van der Waals surface area contributed by atoms with E-state index in [0.717, 1.165) is 51.9 Å². The van der Waals surface area contributed by atoms with Crippen molar-refractivity contribution in [3.05, 3.63) is 0 Å². The normalized spacial score (nSPS) is 35.4. The third-order valence-electron chi connectivity index (χ3n) is 6.42. The molecule has 3 rings (SSSR count). The van der Waals surface area contributed by atoms with Crippen LogP contribution in [-0.4, -0.2) is 60.5 Å². The van der Waals surface area contributed by atoms with E-state index in [0.29, 0.717) is 30.4 Å². The molecule has 2 saturated carbocycles. The Bertz CT molecular complexity index is 457. The fourth-order valence-electron chi connectivity index (χ4n) is 4.91. The van der Waals surface area contributed by atoms with Crippen LogP contribution in [-0.2, 0) is 14.3 Å². The molecule has 3 atom stereocenters. The van der Waals surface area contributed by atoms with Gasteiger partial charge in [-0.1, -0.05) is 0 Å². The summed E-state index contributed by atoms with van der Waals surface area (Å²) in [6.45, 7) is 10.3. The predicted molar refractivity (Wildman–Crippen MR) is 92.4 cm³/mol. The van der Waals surface area contributed by atoms with Crippen molar-refractivity contribution in [1.29, 1.82) is 0 Å². The van der Waals surface area contributed by atoms with Gasteiger partial charge in [-0.3, -0.25) is 14.5 Å². The first-order chi connectivity index (χ1) is 11.6. The molecule has 2 aliphatic carbocycles. The molecular weight excluding hydrogens is 304 g/mol. The molecule has 1 saturated heterocycles. The van der Waals surface area contributed by atoms with E-state index in [1.165, 1.54) is 0 Å². The Labute approximate surface area is 145 Å². The summed E-state index contributed by atoms with van der Waals surface area (Å²) in [5.74, 6) is 1.93. The maximum Gasteiger partial charge on any atom is 0.308 e. The standard InChI is InChI=1S/C19H32N2O3/c1-4-20(5-2)18(22)17-15-11-21(12-16(15)17)14-9-7-13(8-10-14)19(23)24-6-3/h13-17H,4-12H2,1-3H3/t13?,14?,15-,16+,17?. The van der Waals surface area contributed by atoms with Gasteiger partial charge in [0, 0.05) is 38.1 Å². The summed E-state index contributed by atoms with van der Waals surface area (Å²) in [5.41, 5.74) is 0. The van der Waals surface area contributed by atoms with Gasteiger partial charge in [-0.15, -0.1) is 0 Å². The van der Waals surface area contributed by atoms with Crippen molar-refractivity contribution in [3.63, 3.8) is 0 Å². The van der Waals surface area contributed by atoms with Gasteiger partial charge in [-0.2, -0.15) is 0 Å². The van der Waals surface area contributed by atoms with Crippen molar-refractivity contribution < 1.29 is 14.3 Å². The number of carbonyl (C=O) groups is 2. The van der Waals surface area contributed by atoms with E-state index in [2.05, 4.69) is 18.7 Å². The average molecular weight is 336 g/mol. The molecule has 5 nitrogen and oxygen atoms in total. The Morgan fingerprint density at radius 1 is 1.00 bits per heavy atom. The van der Waals surface area contributed by atoms with Gasteiger partial charge in [-0.05, 0) is 58.3 Å². The van der Waals surface area contributed by atoms with E-state index in [4.69, 9.17) is 4.74 Å². The maximum absolute atomic E-state index is 12.5. The van der Waals surface area contributed by atoms with Gasteiger partial charge in [0.05, 0.1) is 12.5 Å². The Morgan fingerprint density at radius 2 is 1.58 bits per heavy atom. The van der Waals surface area contributed by atoms with Crippen LogP contribution in [0.4, 0.5) is 0 Å². The Hall–Kier alpha value is -1.10. The lowest BCUT2D eigenvalue weighted by Crippen LogP contribution is -2.41. The Kier molecular flexibility index (Phi) is 5.48. The molecule has 0 aromatic heterocycles. The van der Waals surface area contributed by atoms with Gasteiger partial charge >= 0.3 is 5.97 Å². The van der Waals surface area contributed by atoms with Crippen molar-refractivity contribution in [2.75, 3.05) is 32.8 Å². The number of ether oxygens (including phenoxy) is 1. The van der Waals surface area contributed by atoms with E-state index in [-0.39, 0.29) is 17.8 Å². The molecule has 136 valence electrons. The van der Waals surface area contributed by atoms with E-state index >= 15 is 0 Å². The molecule has 0 N–H and O–H groups in total. The predicted octanol–water partition coefficient (Wildman–Crippen LogP) is 2.15. The van der Waals surface area contributed by atoms with Crippen LogP contribution in [0.5, 0.6) is 0 Å². The van der Waals surface area contributed by atoms with Crippen LogP contribution in [0, 0.1) is 23.7 Å². The molecule has 1 amide bonds. The highest BCUT2D eigenvalue weighted by Gasteiger charge is 2.60. The van der Waals surface area contributed by atoms with Crippen LogP contribution >= 0.6 is 0 Å². The monoisotopic (exact) mass is 336 g/mol. The molecule has 0 radical (unpaired) electrons. The summed E-state index contributed by atoms with van der Waals surface area (Å²) in [4.78, 5) is 28.9. The largest absolute Gasteiger partial charge is 0.466 e. The zero-order valence-corrected chi connectivity index (χ0v) is 15.4. The van der Waals surface area contributed by atoms with Crippen molar-refractivity contribution in [2.24, 2.45) is 23.7 Å². The molecule has 5 heteroatoms. The van der Waals surface area contributed by atoms with Crippen molar-refractivity contribution in [3.8, 4) is 0 Å². The SMILES string of the molecule is CCOC(=O)C1CCC(N2C[C@@H]3C(C(=O)N(CC)CC)[C@@H]3C2)CC1. The van der Waals surface area contributed by atoms with Crippen molar-refractivity contribution in [2.45, 2.75) is 52.5 Å². The third-order valence-corrected chi connectivity index (χ3v) is 6.42. The van der Waals surface area contributed by atoms with E-state index in [9.17, 15) is 9.59 Å². The van der Waals surface area contributed by atoms with Gasteiger partial charge in [0.1, 0.15) is 0 Å². The minimum atomic E-state index is -0.00916. The van der Waals surface area contributed by atoms with Gasteiger partial charge in [0.2, 0.25) is 5.91 Å². The molecule has 0 aromatic carbocycles. The summed E-state index contributed by atoms with van der Waals surface area (Å²) in [6, 6.07) is 0.604. The lowest BCUT2D eigenvalue weighted by atomic mass is 9.85. The number of rotatable bonds is 6. The molecule has 0 spiro atoms. The van der Waals surface area contributed by atoms with Crippen LogP contribution in [0.2, 0.25) is 0 Å². The number of fused-ring (bicyclic) bond motifs is 1. The summed E-state index contributed by atoms with van der Waals surface area (Å²) < 4.78 is 5.16. The molecule has 1 unspecified atom stereocenters. The number of likely N-dealkylation sites (tertiary alicyclic amines) is 1. The number of esters is 1. The third kappa shape index (κ3) is 3.32. The van der Waals surface area contributed by atoms with Crippen molar-refractivity contribution in [1.82, 2.24) is 9.80 Å². The second-order valence-corrected chi connectivity index (χ2v) is 7.58. The zero-order chi connectivity index (χ0) is 17.3. The topological polar surface area (TPSA) is 49.9 Å². The highest BCUT2D eigenvalue weighted by Crippen LogP contribution is 2.53. The lowest BCUT2D eigenvalue weighted by Gasteiger charge is -2.35. The van der Waals surface area contributed by atoms with Crippen LogP contribution < -0.4 is 0 Å². The quantitative estimate of drug-likeness (QED) is 0.698. The van der Waals surface area contributed by atoms with Gasteiger partial charge in [0.25, 0.3) is 0 Å². The minimum absolute atomic E-state index is 0.00916. The lowest BCUT2D eigenvalue weighted by molar-refractivity contribution is -0.149. The van der Waals surface area contributed by atoms with Gasteiger partial charge in [0.15, 0.2) is 0 Å². The average Bonchev–Trinajstić information content (AvgIpc) is 3.10. The number of amides is 1.